The number of nitrogens with zero attached hydrogens (tertiary/aromatic N) is 1. The van der Waals surface area contributed by atoms with E-state index in [-0.39, 0.29) is 5.63 Å². The number of aromatic nitrogens is 1. The third-order valence-electron chi connectivity index (χ3n) is 3.05. The summed E-state index contributed by atoms with van der Waals surface area (Å²) in [6.45, 7) is 3.89. The summed E-state index contributed by atoms with van der Waals surface area (Å²) in [6, 6.07) is 7.06. The molecule has 0 N–H and O–H groups in total. The maximum atomic E-state index is 12.0. The zero-order chi connectivity index (χ0) is 13.6. The highest BCUT2D eigenvalue weighted by Crippen LogP contribution is 2.28. The molecule has 0 bridgehead atoms. The summed E-state index contributed by atoms with van der Waals surface area (Å²) in [5, 5.41) is 1.22. The highest BCUT2D eigenvalue weighted by molar-refractivity contribution is 7.18. The molecule has 1 aromatic carbocycles. The van der Waals surface area contributed by atoms with Gasteiger partial charge in [-0.25, -0.2) is 9.78 Å². The van der Waals surface area contributed by atoms with Crippen molar-refractivity contribution < 1.29 is 4.42 Å². The average Bonchev–Trinajstić information content (AvgIpc) is 2.66. The lowest BCUT2D eigenvalue weighted by Crippen LogP contribution is -2.02. The first-order valence-corrected chi connectivity index (χ1v) is 6.92. The molecule has 0 spiro atoms. The monoisotopic (exact) mass is 291 g/mol. The number of hydrogen-bond acceptors (Lipinski definition) is 4. The van der Waals surface area contributed by atoms with Crippen LogP contribution in [0.15, 0.2) is 33.5 Å². The first-order chi connectivity index (χ1) is 9.06. The summed E-state index contributed by atoms with van der Waals surface area (Å²) in [5.41, 5.74) is 1.35. The Morgan fingerprint density at radius 2 is 1.89 bits per heavy atom. The highest BCUT2D eigenvalue weighted by atomic mass is 35.5. The molecule has 0 saturated carbocycles. The minimum Gasteiger partial charge on any atom is -0.403 e. The van der Waals surface area contributed by atoms with Gasteiger partial charge in [0.2, 0.25) is 5.89 Å². The molecule has 0 unspecified atom stereocenters. The molecule has 0 fully saturated rings. The van der Waals surface area contributed by atoms with E-state index >= 15 is 0 Å². The summed E-state index contributed by atoms with van der Waals surface area (Å²) in [5.74, 6) is 0.329. The molecule has 0 aliphatic heterocycles. The molecular weight excluding hydrogens is 282 g/mol. The van der Waals surface area contributed by atoms with Crippen LogP contribution in [0, 0.1) is 13.8 Å². The zero-order valence-corrected chi connectivity index (χ0v) is 11.9. The van der Waals surface area contributed by atoms with Gasteiger partial charge >= 0.3 is 5.63 Å². The lowest BCUT2D eigenvalue weighted by molar-refractivity contribution is 0.518. The molecule has 0 atom stereocenters. The number of benzene rings is 1. The first kappa shape index (κ1) is 12.4. The second-order valence-corrected chi connectivity index (χ2v) is 5.92. The molecule has 2 heterocycles. The number of aryl methyl sites for hydroxylation is 2. The Kier molecular flexibility index (Phi) is 2.92. The van der Waals surface area contributed by atoms with Gasteiger partial charge in [0.25, 0.3) is 0 Å². The average molecular weight is 292 g/mol. The number of thiophene rings is 1. The summed E-state index contributed by atoms with van der Waals surface area (Å²) in [4.78, 5) is 18.3. The Morgan fingerprint density at radius 3 is 2.58 bits per heavy atom. The normalized spacial score (nSPS) is 11.1. The van der Waals surface area contributed by atoms with Gasteiger partial charge in [-0.05, 0) is 43.7 Å². The van der Waals surface area contributed by atoms with Gasteiger partial charge in [0.05, 0.1) is 0 Å². The van der Waals surface area contributed by atoms with E-state index in [0.29, 0.717) is 16.3 Å². The first-order valence-electron chi connectivity index (χ1n) is 5.73. The van der Waals surface area contributed by atoms with Crippen LogP contribution in [0.2, 0.25) is 5.02 Å². The Labute approximate surface area is 118 Å². The quantitative estimate of drug-likeness (QED) is 0.675. The SMILES string of the molecule is Cc1sc2nc(-c3ccc(Cl)cc3)oc(=O)c2c1C. The van der Waals surface area contributed by atoms with Crippen LogP contribution in [0.4, 0.5) is 0 Å². The number of hydrogen-bond donors (Lipinski definition) is 0. The van der Waals surface area contributed by atoms with Crippen molar-refractivity contribution in [3.05, 3.63) is 50.1 Å². The molecule has 0 radical (unpaired) electrons. The van der Waals surface area contributed by atoms with Crippen molar-refractivity contribution in [3.63, 3.8) is 0 Å². The topological polar surface area (TPSA) is 43.1 Å². The van der Waals surface area contributed by atoms with Crippen molar-refractivity contribution in [1.82, 2.24) is 4.98 Å². The third-order valence-corrected chi connectivity index (χ3v) is 4.41. The molecule has 3 nitrogen and oxygen atoms in total. The summed E-state index contributed by atoms with van der Waals surface area (Å²) >= 11 is 7.35. The molecule has 2 aromatic heterocycles. The smallest absolute Gasteiger partial charge is 0.348 e. The summed E-state index contributed by atoms with van der Waals surface area (Å²) < 4.78 is 5.31. The van der Waals surface area contributed by atoms with Crippen molar-refractivity contribution in [3.8, 4) is 11.5 Å². The molecule has 0 amide bonds. The van der Waals surface area contributed by atoms with Crippen molar-refractivity contribution in [2.24, 2.45) is 0 Å². The van der Waals surface area contributed by atoms with E-state index in [4.69, 9.17) is 16.0 Å². The number of fused-ring (bicyclic) bond motifs is 1. The molecule has 0 aliphatic rings. The highest BCUT2D eigenvalue weighted by Gasteiger charge is 2.14. The van der Waals surface area contributed by atoms with Gasteiger partial charge in [-0.2, -0.15) is 0 Å². The molecule has 96 valence electrons. The van der Waals surface area contributed by atoms with Crippen LogP contribution in [0.5, 0.6) is 0 Å². The molecule has 19 heavy (non-hydrogen) atoms. The Balaban J connectivity index is 2.27. The van der Waals surface area contributed by atoms with Crippen LogP contribution in [-0.2, 0) is 0 Å². The van der Waals surface area contributed by atoms with Crippen LogP contribution < -0.4 is 5.63 Å². The fourth-order valence-electron chi connectivity index (χ4n) is 1.90. The molecule has 3 rings (SSSR count). The fraction of sp³-hybridized carbons (Fsp3) is 0.143. The van der Waals surface area contributed by atoms with Crippen molar-refractivity contribution in [2.75, 3.05) is 0 Å². The van der Waals surface area contributed by atoms with Gasteiger partial charge in [-0.1, -0.05) is 11.6 Å². The van der Waals surface area contributed by atoms with Crippen molar-refractivity contribution in [1.29, 1.82) is 0 Å². The second-order valence-electron chi connectivity index (χ2n) is 4.28. The van der Waals surface area contributed by atoms with E-state index in [1.165, 1.54) is 11.3 Å². The molecule has 0 saturated heterocycles. The Morgan fingerprint density at radius 1 is 1.21 bits per heavy atom. The number of rotatable bonds is 1. The van der Waals surface area contributed by atoms with Gasteiger partial charge in [-0.15, -0.1) is 11.3 Å². The largest absolute Gasteiger partial charge is 0.403 e. The third kappa shape index (κ3) is 2.07. The maximum Gasteiger partial charge on any atom is 0.348 e. The van der Waals surface area contributed by atoms with E-state index in [9.17, 15) is 4.79 Å². The van der Waals surface area contributed by atoms with E-state index in [0.717, 1.165) is 20.8 Å². The van der Waals surface area contributed by atoms with Crippen LogP contribution in [0.3, 0.4) is 0 Å². The van der Waals surface area contributed by atoms with E-state index in [2.05, 4.69) is 4.98 Å². The van der Waals surface area contributed by atoms with Gasteiger partial charge in [0.15, 0.2) is 0 Å². The fourth-order valence-corrected chi connectivity index (χ4v) is 3.04. The number of halogens is 1. The van der Waals surface area contributed by atoms with Crippen LogP contribution in [0.1, 0.15) is 10.4 Å². The van der Waals surface area contributed by atoms with E-state index < -0.39 is 0 Å². The summed E-state index contributed by atoms with van der Waals surface area (Å²) in [6.07, 6.45) is 0. The molecule has 3 aromatic rings. The summed E-state index contributed by atoms with van der Waals surface area (Å²) in [7, 11) is 0. The van der Waals surface area contributed by atoms with Gasteiger partial charge in [-0.3, -0.25) is 0 Å². The predicted octanol–water partition coefficient (Wildman–Crippen LogP) is 4.19. The van der Waals surface area contributed by atoms with Gasteiger partial charge in [0, 0.05) is 15.5 Å². The van der Waals surface area contributed by atoms with Gasteiger partial charge < -0.3 is 4.42 Å². The standard InChI is InChI=1S/C14H10ClNO2S/c1-7-8(2)19-13-11(7)14(17)18-12(16-13)9-3-5-10(15)6-4-9/h3-6H,1-2H3. The predicted molar refractivity (Wildman–Crippen MR) is 78.1 cm³/mol. The van der Waals surface area contributed by atoms with Gasteiger partial charge in [0.1, 0.15) is 10.2 Å². The van der Waals surface area contributed by atoms with E-state index in [1.807, 2.05) is 13.8 Å². The minimum absolute atomic E-state index is 0.329. The van der Waals surface area contributed by atoms with E-state index in [1.54, 1.807) is 24.3 Å². The molecule has 5 heteroatoms. The minimum atomic E-state index is -0.336. The molecular formula is C14H10ClNO2S. The van der Waals surface area contributed by atoms with Crippen LogP contribution >= 0.6 is 22.9 Å². The zero-order valence-electron chi connectivity index (χ0n) is 10.4. The lowest BCUT2D eigenvalue weighted by Gasteiger charge is -1.99. The van der Waals surface area contributed by atoms with Crippen molar-refractivity contribution >= 4 is 33.2 Å². The maximum absolute atomic E-state index is 12.0. The second kappa shape index (κ2) is 4.47. The Bertz CT molecular complexity index is 818. The lowest BCUT2D eigenvalue weighted by atomic mass is 10.2. The van der Waals surface area contributed by atoms with Crippen LogP contribution in [0.25, 0.3) is 21.7 Å². The molecule has 0 aliphatic carbocycles. The van der Waals surface area contributed by atoms with Crippen LogP contribution in [-0.4, -0.2) is 4.98 Å². The Hall–Kier alpha value is -1.65. The van der Waals surface area contributed by atoms with Crippen molar-refractivity contribution in [2.45, 2.75) is 13.8 Å².